The van der Waals surface area contributed by atoms with Crippen molar-refractivity contribution in [3.63, 3.8) is 0 Å². The SMILES string of the molecule is O=C(C#CC1(O)CCC2(CC1)OCCO2)c1ccc(F)cc1. The van der Waals surface area contributed by atoms with Crippen LogP contribution in [0.1, 0.15) is 36.0 Å². The molecule has 5 heteroatoms. The second-order valence-corrected chi connectivity index (χ2v) is 5.73. The number of ketones is 1. The molecule has 0 radical (unpaired) electrons. The van der Waals surface area contributed by atoms with E-state index in [0.29, 0.717) is 44.5 Å². The number of ether oxygens (including phenoxy) is 2. The molecule has 0 unspecified atom stereocenters. The van der Waals surface area contributed by atoms with Crippen LogP contribution in [0.25, 0.3) is 0 Å². The van der Waals surface area contributed by atoms with E-state index < -0.39 is 23.0 Å². The molecule has 2 aliphatic rings. The predicted molar refractivity (Wildman–Crippen MR) is 76.6 cm³/mol. The lowest BCUT2D eigenvalue weighted by atomic mass is 9.81. The summed E-state index contributed by atoms with van der Waals surface area (Å²) < 4.78 is 24.0. The molecule has 1 aliphatic carbocycles. The number of carbonyl (C=O) groups excluding carboxylic acids is 1. The van der Waals surface area contributed by atoms with E-state index in [4.69, 9.17) is 9.47 Å². The normalized spacial score (nSPS) is 22.1. The Morgan fingerprint density at radius 1 is 1.09 bits per heavy atom. The summed E-state index contributed by atoms with van der Waals surface area (Å²) in [7, 11) is 0. The molecule has 0 aromatic heterocycles. The van der Waals surface area contributed by atoms with E-state index in [0.717, 1.165) is 0 Å². The molecule has 4 nitrogen and oxygen atoms in total. The van der Waals surface area contributed by atoms with E-state index >= 15 is 0 Å². The molecule has 1 saturated heterocycles. The molecule has 3 rings (SSSR count). The number of benzene rings is 1. The second-order valence-electron chi connectivity index (χ2n) is 5.73. The second kappa shape index (κ2) is 5.81. The Bertz CT molecular complexity index is 610. The topological polar surface area (TPSA) is 55.8 Å². The van der Waals surface area contributed by atoms with Gasteiger partial charge >= 0.3 is 0 Å². The van der Waals surface area contributed by atoms with Crippen LogP contribution in [0.15, 0.2) is 24.3 Å². The summed E-state index contributed by atoms with van der Waals surface area (Å²) >= 11 is 0. The van der Waals surface area contributed by atoms with Gasteiger partial charge in [0, 0.05) is 18.4 Å². The zero-order chi connectivity index (χ0) is 15.6. The largest absolute Gasteiger partial charge is 0.378 e. The third kappa shape index (κ3) is 3.20. The van der Waals surface area contributed by atoms with Crippen molar-refractivity contribution in [1.82, 2.24) is 0 Å². The third-order valence-electron chi connectivity index (χ3n) is 4.17. The Hall–Kier alpha value is -1.74. The van der Waals surface area contributed by atoms with Crippen molar-refractivity contribution in [2.24, 2.45) is 0 Å². The average molecular weight is 304 g/mol. The van der Waals surface area contributed by atoms with Crippen LogP contribution in [0.2, 0.25) is 0 Å². The van der Waals surface area contributed by atoms with Gasteiger partial charge in [-0.05, 0) is 43.0 Å². The molecule has 1 aromatic carbocycles. The van der Waals surface area contributed by atoms with Crippen LogP contribution in [-0.2, 0) is 9.47 Å². The van der Waals surface area contributed by atoms with Crippen LogP contribution < -0.4 is 0 Å². The highest BCUT2D eigenvalue weighted by molar-refractivity contribution is 6.09. The first-order valence-corrected chi connectivity index (χ1v) is 7.34. The zero-order valence-corrected chi connectivity index (χ0v) is 12.1. The maximum absolute atomic E-state index is 12.8. The van der Waals surface area contributed by atoms with E-state index in [1.807, 2.05) is 0 Å². The molecule has 116 valence electrons. The monoisotopic (exact) mass is 304 g/mol. The molecule has 1 aromatic rings. The smallest absolute Gasteiger partial charge is 0.235 e. The summed E-state index contributed by atoms with van der Waals surface area (Å²) in [6.45, 7) is 1.15. The molecule has 0 bridgehead atoms. The van der Waals surface area contributed by atoms with Crippen LogP contribution in [-0.4, -0.2) is 35.5 Å². The van der Waals surface area contributed by atoms with Crippen molar-refractivity contribution in [2.75, 3.05) is 13.2 Å². The van der Waals surface area contributed by atoms with E-state index in [2.05, 4.69) is 11.8 Å². The summed E-state index contributed by atoms with van der Waals surface area (Å²) in [5.41, 5.74) is -0.886. The Balaban J connectivity index is 1.66. The highest BCUT2D eigenvalue weighted by atomic mass is 19.1. The average Bonchev–Trinajstić information content (AvgIpc) is 2.98. The van der Waals surface area contributed by atoms with Crippen LogP contribution >= 0.6 is 0 Å². The molecule has 1 saturated carbocycles. The van der Waals surface area contributed by atoms with Crippen molar-refractivity contribution < 1.29 is 23.8 Å². The Labute approximate surface area is 128 Å². The fourth-order valence-corrected chi connectivity index (χ4v) is 2.80. The fourth-order valence-electron chi connectivity index (χ4n) is 2.80. The number of Topliss-reactive ketones (excluding diaryl/α,β-unsaturated/α-hetero) is 1. The number of hydrogen-bond acceptors (Lipinski definition) is 4. The van der Waals surface area contributed by atoms with Crippen LogP contribution in [0.3, 0.4) is 0 Å². The Kier molecular flexibility index (Phi) is 4.00. The standard InChI is InChI=1S/C17H17FO4/c18-14-3-1-13(2-4-14)15(19)5-6-16(20)7-9-17(10-8-16)21-11-12-22-17/h1-4,20H,7-12H2. The summed E-state index contributed by atoms with van der Waals surface area (Å²) in [5, 5.41) is 10.5. The number of rotatable bonds is 1. The van der Waals surface area contributed by atoms with Crippen molar-refractivity contribution >= 4 is 5.78 Å². The molecule has 1 spiro atoms. The molecule has 1 N–H and O–H groups in total. The molecular weight excluding hydrogens is 287 g/mol. The minimum absolute atomic E-state index is 0.312. The molecule has 2 fully saturated rings. The summed E-state index contributed by atoms with van der Waals surface area (Å²) in [6, 6.07) is 5.18. The van der Waals surface area contributed by atoms with E-state index in [1.165, 1.54) is 24.3 Å². The first kappa shape index (κ1) is 15.2. The van der Waals surface area contributed by atoms with Crippen molar-refractivity contribution in [3.05, 3.63) is 35.6 Å². The Morgan fingerprint density at radius 3 is 2.27 bits per heavy atom. The van der Waals surface area contributed by atoms with Gasteiger partial charge in [-0.1, -0.05) is 5.92 Å². The van der Waals surface area contributed by atoms with Gasteiger partial charge < -0.3 is 14.6 Å². The van der Waals surface area contributed by atoms with Gasteiger partial charge in [-0.15, -0.1) is 0 Å². The molecule has 1 aliphatic heterocycles. The number of carbonyl (C=O) groups is 1. The van der Waals surface area contributed by atoms with Gasteiger partial charge in [0.05, 0.1) is 13.2 Å². The van der Waals surface area contributed by atoms with Crippen LogP contribution in [0, 0.1) is 17.7 Å². The number of aliphatic hydroxyl groups is 1. The van der Waals surface area contributed by atoms with E-state index in [9.17, 15) is 14.3 Å². The molecule has 22 heavy (non-hydrogen) atoms. The lowest BCUT2D eigenvalue weighted by molar-refractivity contribution is -0.195. The number of hydrogen-bond donors (Lipinski definition) is 1. The first-order valence-electron chi connectivity index (χ1n) is 7.34. The molecule has 0 atom stereocenters. The minimum atomic E-state index is -1.20. The predicted octanol–water partition coefficient (Wildman–Crippen LogP) is 2.06. The highest BCUT2D eigenvalue weighted by Crippen LogP contribution is 2.39. The summed E-state index contributed by atoms with van der Waals surface area (Å²) in [6.07, 6.45) is 1.92. The maximum Gasteiger partial charge on any atom is 0.235 e. The van der Waals surface area contributed by atoms with Gasteiger partial charge in [-0.3, -0.25) is 4.79 Å². The maximum atomic E-state index is 12.8. The Morgan fingerprint density at radius 2 is 1.68 bits per heavy atom. The lowest BCUT2D eigenvalue weighted by Crippen LogP contribution is -2.42. The van der Waals surface area contributed by atoms with Gasteiger partial charge in [-0.25, -0.2) is 4.39 Å². The van der Waals surface area contributed by atoms with Gasteiger partial charge in [0.1, 0.15) is 11.4 Å². The van der Waals surface area contributed by atoms with Crippen molar-refractivity contribution in [2.45, 2.75) is 37.1 Å². The zero-order valence-electron chi connectivity index (χ0n) is 12.1. The van der Waals surface area contributed by atoms with Crippen LogP contribution in [0.4, 0.5) is 4.39 Å². The minimum Gasteiger partial charge on any atom is -0.378 e. The molecule has 0 amide bonds. The fraction of sp³-hybridized carbons (Fsp3) is 0.471. The first-order chi connectivity index (χ1) is 10.5. The number of halogens is 1. The highest BCUT2D eigenvalue weighted by Gasteiger charge is 2.44. The summed E-state index contributed by atoms with van der Waals surface area (Å²) in [5.74, 6) is 3.72. The van der Waals surface area contributed by atoms with Gasteiger partial charge in [0.15, 0.2) is 5.79 Å². The quantitative estimate of drug-likeness (QED) is 0.490. The van der Waals surface area contributed by atoms with Crippen LogP contribution in [0.5, 0.6) is 0 Å². The van der Waals surface area contributed by atoms with Gasteiger partial charge in [0.25, 0.3) is 0 Å². The summed E-state index contributed by atoms with van der Waals surface area (Å²) in [4.78, 5) is 11.9. The van der Waals surface area contributed by atoms with Gasteiger partial charge in [-0.2, -0.15) is 0 Å². The lowest BCUT2D eigenvalue weighted by Gasteiger charge is -2.37. The van der Waals surface area contributed by atoms with Gasteiger partial charge in [0.2, 0.25) is 5.78 Å². The molecular formula is C17H17FO4. The van der Waals surface area contributed by atoms with Crippen molar-refractivity contribution in [3.8, 4) is 11.8 Å². The third-order valence-corrected chi connectivity index (χ3v) is 4.17. The van der Waals surface area contributed by atoms with Crippen molar-refractivity contribution in [1.29, 1.82) is 0 Å². The van der Waals surface area contributed by atoms with E-state index in [1.54, 1.807) is 0 Å². The molecule has 1 heterocycles. The van der Waals surface area contributed by atoms with E-state index in [-0.39, 0.29) is 0 Å².